The number of hydrogen-bond acceptors (Lipinski definition) is 2. The highest BCUT2D eigenvalue weighted by molar-refractivity contribution is 5.51. The van der Waals surface area contributed by atoms with Gasteiger partial charge >= 0.3 is 0 Å². The molecule has 0 radical (unpaired) electrons. The van der Waals surface area contributed by atoms with Gasteiger partial charge in [-0.1, -0.05) is 43.7 Å². The van der Waals surface area contributed by atoms with Gasteiger partial charge in [-0.3, -0.25) is 0 Å². The van der Waals surface area contributed by atoms with E-state index >= 15 is 0 Å². The summed E-state index contributed by atoms with van der Waals surface area (Å²) in [6, 6.07) is 7.48. The first kappa shape index (κ1) is 21.4. The Bertz CT molecular complexity index is 871. The summed E-state index contributed by atoms with van der Waals surface area (Å²) >= 11 is 0. The largest absolute Gasteiger partial charge is 0.505 e. The molecule has 0 heterocycles. The van der Waals surface area contributed by atoms with Gasteiger partial charge in [0, 0.05) is 5.56 Å². The molecule has 1 aliphatic rings. The summed E-state index contributed by atoms with van der Waals surface area (Å²) < 4.78 is 42.0. The third-order valence-electron chi connectivity index (χ3n) is 5.82. The van der Waals surface area contributed by atoms with Crippen LogP contribution in [-0.2, 0) is 0 Å². The van der Waals surface area contributed by atoms with E-state index in [4.69, 9.17) is 0 Å². The molecule has 1 atom stereocenters. The number of hydrogen-bond donors (Lipinski definition) is 2. The van der Waals surface area contributed by atoms with E-state index in [2.05, 4.69) is 0 Å². The van der Waals surface area contributed by atoms with Gasteiger partial charge < -0.3 is 10.2 Å². The summed E-state index contributed by atoms with van der Waals surface area (Å²) in [7, 11) is 0. The Labute approximate surface area is 169 Å². The molecule has 0 bridgehead atoms. The highest BCUT2D eigenvalue weighted by Gasteiger charge is 2.25. The highest BCUT2D eigenvalue weighted by atomic mass is 19.2. The zero-order valence-electron chi connectivity index (χ0n) is 16.5. The maximum Gasteiger partial charge on any atom is 0.200 e. The van der Waals surface area contributed by atoms with Crippen LogP contribution in [0.5, 0.6) is 5.75 Å². The van der Waals surface area contributed by atoms with E-state index in [1.54, 1.807) is 18.2 Å². The van der Waals surface area contributed by atoms with Gasteiger partial charge in [0.1, 0.15) is 5.82 Å². The second kappa shape index (κ2) is 9.49. The molecule has 29 heavy (non-hydrogen) atoms. The molecule has 0 aromatic heterocycles. The molecule has 0 spiro atoms. The maximum absolute atomic E-state index is 14.3. The number of allylic oxidation sites excluding steroid dienone is 1. The summed E-state index contributed by atoms with van der Waals surface area (Å²) in [6.45, 7) is 1.97. The number of phenolic OH excluding ortho intramolecular Hbond substituents is 1. The number of rotatable bonds is 6. The average Bonchev–Trinajstić information content (AvgIpc) is 2.72. The monoisotopic (exact) mass is 404 g/mol. The number of aromatic hydroxyl groups is 1. The van der Waals surface area contributed by atoms with Crippen molar-refractivity contribution in [1.82, 2.24) is 0 Å². The first-order chi connectivity index (χ1) is 13.9. The van der Waals surface area contributed by atoms with E-state index < -0.39 is 23.5 Å². The highest BCUT2D eigenvalue weighted by Crippen LogP contribution is 2.39. The van der Waals surface area contributed by atoms with Crippen LogP contribution in [-0.4, -0.2) is 10.2 Å². The molecule has 5 heteroatoms. The second-order valence-corrected chi connectivity index (χ2v) is 7.86. The van der Waals surface area contributed by atoms with Crippen molar-refractivity contribution < 1.29 is 23.4 Å². The number of aliphatic hydroxyl groups is 1. The Balaban J connectivity index is 1.61. The van der Waals surface area contributed by atoms with Gasteiger partial charge in [0.2, 0.25) is 5.82 Å². The second-order valence-electron chi connectivity index (χ2n) is 7.86. The molecule has 1 saturated carbocycles. The van der Waals surface area contributed by atoms with Gasteiger partial charge in [-0.2, -0.15) is 4.39 Å². The third kappa shape index (κ3) is 5.02. The summed E-state index contributed by atoms with van der Waals surface area (Å²) in [5.41, 5.74) is 1.38. The first-order valence-corrected chi connectivity index (χ1v) is 10.2. The van der Waals surface area contributed by atoms with E-state index in [9.17, 15) is 23.4 Å². The Morgan fingerprint density at radius 1 is 1.03 bits per heavy atom. The number of phenols is 1. The first-order valence-electron chi connectivity index (χ1n) is 10.2. The fraction of sp³-hybridized carbons (Fsp3) is 0.417. The zero-order chi connectivity index (χ0) is 21.0. The van der Waals surface area contributed by atoms with Crippen LogP contribution in [0.25, 0.3) is 6.08 Å². The summed E-state index contributed by atoms with van der Waals surface area (Å²) in [5.74, 6) is -3.00. The predicted octanol–water partition coefficient (Wildman–Crippen LogP) is 6.63. The molecule has 2 aromatic carbocycles. The Morgan fingerprint density at radius 2 is 1.76 bits per heavy atom. The molecule has 2 N–H and O–H groups in total. The van der Waals surface area contributed by atoms with Gasteiger partial charge in [0.25, 0.3) is 0 Å². The molecular weight excluding hydrogens is 377 g/mol. The van der Waals surface area contributed by atoms with Crippen molar-refractivity contribution in [2.75, 3.05) is 0 Å². The van der Waals surface area contributed by atoms with Gasteiger partial charge in [0.15, 0.2) is 11.6 Å². The molecule has 1 unspecified atom stereocenters. The van der Waals surface area contributed by atoms with E-state index in [0.29, 0.717) is 36.0 Å². The fourth-order valence-electron chi connectivity index (χ4n) is 4.06. The summed E-state index contributed by atoms with van der Waals surface area (Å²) in [6.07, 6.45) is 7.55. The molecule has 0 amide bonds. The van der Waals surface area contributed by atoms with Crippen molar-refractivity contribution in [1.29, 1.82) is 0 Å². The van der Waals surface area contributed by atoms with Crippen LogP contribution < -0.4 is 0 Å². The Hall–Kier alpha value is -2.27. The van der Waals surface area contributed by atoms with Crippen LogP contribution in [0, 0.1) is 23.4 Å². The lowest BCUT2D eigenvalue weighted by Gasteiger charge is -2.27. The van der Waals surface area contributed by atoms with Gasteiger partial charge in [0.05, 0.1) is 6.10 Å². The molecule has 1 fully saturated rings. The van der Waals surface area contributed by atoms with E-state index in [1.165, 1.54) is 18.2 Å². The van der Waals surface area contributed by atoms with Crippen molar-refractivity contribution in [3.8, 4) is 5.75 Å². The zero-order valence-corrected chi connectivity index (χ0v) is 16.5. The fourth-order valence-corrected chi connectivity index (χ4v) is 4.06. The van der Waals surface area contributed by atoms with Gasteiger partial charge in [-0.25, -0.2) is 8.78 Å². The van der Waals surface area contributed by atoms with Gasteiger partial charge in [-0.15, -0.1) is 0 Å². The molecule has 156 valence electrons. The third-order valence-corrected chi connectivity index (χ3v) is 5.82. The van der Waals surface area contributed by atoms with Crippen molar-refractivity contribution in [2.24, 2.45) is 5.92 Å². The lowest BCUT2D eigenvalue weighted by molar-refractivity contribution is 0.166. The average molecular weight is 404 g/mol. The van der Waals surface area contributed by atoms with E-state index in [-0.39, 0.29) is 17.7 Å². The van der Waals surface area contributed by atoms with E-state index in [1.807, 2.05) is 13.0 Å². The quantitative estimate of drug-likeness (QED) is 0.567. The number of halogens is 3. The summed E-state index contributed by atoms with van der Waals surface area (Å²) in [4.78, 5) is 0. The molecule has 2 aromatic rings. The molecule has 0 saturated heterocycles. The van der Waals surface area contributed by atoms with Crippen LogP contribution >= 0.6 is 0 Å². The van der Waals surface area contributed by atoms with Crippen molar-refractivity contribution in [2.45, 2.75) is 57.5 Å². The predicted molar refractivity (Wildman–Crippen MR) is 108 cm³/mol. The Kier molecular flexibility index (Phi) is 7.01. The van der Waals surface area contributed by atoms with Gasteiger partial charge in [-0.05, 0) is 67.2 Å². The molecular formula is C24H27F3O2. The van der Waals surface area contributed by atoms with Crippen molar-refractivity contribution >= 4 is 6.08 Å². The molecule has 3 rings (SSSR count). The van der Waals surface area contributed by atoms with E-state index in [0.717, 1.165) is 19.3 Å². The van der Waals surface area contributed by atoms with Crippen LogP contribution in [0.15, 0.2) is 36.4 Å². The standard InChI is InChI=1S/C24H27F3O2/c1-2-3-21(28)18-11-10-17(20(25)14-18)9-6-15-4-7-16(8-5-15)19-12-13-22(29)24(27)23(19)26/h6,9-16,21,28-29H,2-5,7-8H2,1H3/b9-6+. The SMILES string of the molecule is CCCC(O)c1ccc(/C=C/C2CCC(c3ccc(O)c(F)c3F)CC2)c(F)c1. The summed E-state index contributed by atoms with van der Waals surface area (Å²) in [5, 5.41) is 19.3. The van der Waals surface area contributed by atoms with Crippen LogP contribution in [0.1, 0.15) is 74.2 Å². The van der Waals surface area contributed by atoms with Crippen molar-refractivity contribution in [3.05, 3.63) is 70.5 Å². The van der Waals surface area contributed by atoms with Crippen LogP contribution in [0.2, 0.25) is 0 Å². The Morgan fingerprint density at radius 3 is 2.41 bits per heavy atom. The minimum atomic E-state index is -1.19. The molecule has 2 nitrogen and oxygen atoms in total. The van der Waals surface area contributed by atoms with Crippen molar-refractivity contribution in [3.63, 3.8) is 0 Å². The minimum absolute atomic E-state index is 0.0779. The smallest absolute Gasteiger partial charge is 0.200 e. The number of benzene rings is 2. The number of aliphatic hydroxyl groups excluding tert-OH is 1. The maximum atomic E-state index is 14.3. The van der Waals surface area contributed by atoms with Crippen LogP contribution in [0.4, 0.5) is 13.2 Å². The molecule has 1 aliphatic carbocycles. The topological polar surface area (TPSA) is 40.5 Å². The lowest BCUT2D eigenvalue weighted by Crippen LogP contribution is -2.13. The van der Waals surface area contributed by atoms with Crippen LogP contribution in [0.3, 0.4) is 0 Å². The normalized spacial score (nSPS) is 20.9. The molecule has 0 aliphatic heterocycles. The lowest BCUT2D eigenvalue weighted by atomic mass is 9.78. The minimum Gasteiger partial charge on any atom is -0.505 e.